The highest BCUT2D eigenvalue weighted by molar-refractivity contribution is 5.87. The number of fused-ring (bicyclic) bond motifs is 1. The molecule has 0 bridgehead atoms. The second-order valence-electron chi connectivity index (χ2n) is 4.91. The Hall–Kier alpha value is -3.28. The molecule has 2 aromatic carbocycles. The van der Waals surface area contributed by atoms with E-state index in [2.05, 4.69) is 10.2 Å². The van der Waals surface area contributed by atoms with Crippen LogP contribution in [-0.2, 0) is 4.74 Å². The lowest BCUT2D eigenvalue weighted by molar-refractivity contribution is 0.183. The van der Waals surface area contributed by atoms with Crippen molar-refractivity contribution in [1.29, 1.82) is 0 Å². The average molecular weight is 310 g/mol. The molecule has 1 amide bonds. The number of nitrogens with one attached hydrogen (secondary N) is 1. The molecule has 23 heavy (non-hydrogen) atoms. The molecule has 2 N–H and O–H groups in total. The minimum absolute atomic E-state index is 0.115. The normalized spacial score (nSPS) is 10.5. The van der Waals surface area contributed by atoms with E-state index in [1.54, 1.807) is 30.3 Å². The van der Waals surface area contributed by atoms with Crippen molar-refractivity contribution in [3.8, 4) is 17.0 Å². The third-order valence-electron chi connectivity index (χ3n) is 3.48. The van der Waals surface area contributed by atoms with Crippen molar-refractivity contribution in [2.45, 2.75) is 0 Å². The number of hydrogen-bond acceptors (Lipinski definition) is 4. The molecule has 0 aliphatic heterocycles. The summed E-state index contributed by atoms with van der Waals surface area (Å²) in [4.78, 5) is 24.3. The first-order valence-corrected chi connectivity index (χ1v) is 6.89. The Labute approximate surface area is 131 Å². The van der Waals surface area contributed by atoms with Gasteiger partial charge in [-0.15, -0.1) is 0 Å². The number of carbonyl (C=O) groups excluding carboxylic acids is 1. The summed E-state index contributed by atoms with van der Waals surface area (Å²) in [6.07, 6.45) is -0.748. The van der Waals surface area contributed by atoms with Crippen LogP contribution in [0.15, 0.2) is 59.4 Å². The molecule has 0 unspecified atom stereocenters. The number of carbonyl (C=O) groups is 1. The van der Waals surface area contributed by atoms with Crippen LogP contribution in [0.2, 0.25) is 0 Å². The molecule has 0 atom stereocenters. The molecular weight excluding hydrogens is 296 g/mol. The molecule has 116 valence electrons. The van der Waals surface area contributed by atoms with Crippen LogP contribution in [0.25, 0.3) is 22.0 Å². The molecule has 0 saturated carbocycles. The van der Waals surface area contributed by atoms with Gasteiger partial charge in [-0.3, -0.25) is 4.79 Å². The van der Waals surface area contributed by atoms with Gasteiger partial charge in [-0.2, -0.15) is 0 Å². The number of hydrogen-bond donors (Lipinski definition) is 2. The first-order valence-electron chi connectivity index (χ1n) is 6.89. The van der Waals surface area contributed by atoms with Crippen molar-refractivity contribution in [2.24, 2.45) is 0 Å². The molecule has 3 rings (SSSR count). The fourth-order valence-electron chi connectivity index (χ4n) is 2.35. The minimum Gasteiger partial charge on any atom is -0.508 e. The smallest absolute Gasteiger partial charge is 0.426 e. The number of phenolic OH excluding ortho intramolecular Hbond substituents is 1. The molecule has 0 spiro atoms. The van der Waals surface area contributed by atoms with E-state index in [1.807, 2.05) is 12.1 Å². The van der Waals surface area contributed by atoms with Gasteiger partial charge in [0.25, 0.3) is 5.56 Å². The second-order valence-corrected chi connectivity index (χ2v) is 4.91. The molecule has 0 fully saturated rings. The Morgan fingerprint density at radius 3 is 2.52 bits per heavy atom. The van der Waals surface area contributed by atoms with Crippen LogP contribution in [0.1, 0.15) is 0 Å². The summed E-state index contributed by atoms with van der Waals surface area (Å²) in [5.41, 5.74) is 3.20. The maximum atomic E-state index is 12.7. The topological polar surface area (TPSA) is 80.6 Å². The van der Waals surface area contributed by atoms with Crippen LogP contribution in [0.3, 0.4) is 0 Å². The zero-order valence-corrected chi connectivity index (χ0v) is 12.3. The average Bonchev–Trinajstić information content (AvgIpc) is 2.58. The molecule has 6 nitrogen and oxygen atoms in total. The standard InChI is InChI=1S/C17H14N2O4/c1-23-17(22)18-19-15(11-6-8-13(20)9-7-11)10-12-4-2-3-5-14(12)16(19)21/h2-10,20H,1H3,(H,18,22). The Morgan fingerprint density at radius 2 is 1.83 bits per heavy atom. The molecule has 1 aromatic heterocycles. The fraction of sp³-hybridized carbons (Fsp3) is 0.0588. The van der Waals surface area contributed by atoms with Crippen molar-refractivity contribution in [2.75, 3.05) is 12.5 Å². The van der Waals surface area contributed by atoms with Gasteiger partial charge >= 0.3 is 6.09 Å². The number of benzene rings is 2. The van der Waals surface area contributed by atoms with Crippen LogP contribution < -0.4 is 11.0 Å². The van der Waals surface area contributed by atoms with Crippen LogP contribution in [0.5, 0.6) is 5.75 Å². The van der Waals surface area contributed by atoms with Gasteiger partial charge in [-0.05, 0) is 41.8 Å². The van der Waals surface area contributed by atoms with E-state index in [9.17, 15) is 14.7 Å². The highest BCUT2D eigenvalue weighted by Gasteiger charge is 2.13. The molecule has 1 heterocycles. The third kappa shape index (κ3) is 2.74. The third-order valence-corrected chi connectivity index (χ3v) is 3.48. The van der Waals surface area contributed by atoms with Crippen LogP contribution in [0.4, 0.5) is 4.79 Å². The first kappa shape index (κ1) is 14.6. The Bertz CT molecular complexity index is 929. The lowest BCUT2D eigenvalue weighted by Crippen LogP contribution is -2.34. The number of pyridine rings is 1. The number of rotatable bonds is 2. The van der Waals surface area contributed by atoms with Crippen molar-refractivity contribution < 1.29 is 14.6 Å². The predicted octanol–water partition coefficient (Wildman–Crippen LogP) is 2.68. The Kier molecular flexibility index (Phi) is 3.72. The van der Waals surface area contributed by atoms with Gasteiger partial charge in [0.1, 0.15) is 5.75 Å². The van der Waals surface area contributed by atoms with Crippen molar-refractivity contribution in [3.63, 3.8) is 0 Å². The van der Waals surface area contributed by atoms with E-state index in [0.717, 1.165) is 10.1 Å². The summed E-state index contributed by atoms with van der Waals surface area (Å²) in [5.74, 6) is 0.115. The first-order chi connectivity index (χ1) is 11.1. The maximum absolute atomic E-state index is 12.7. The van der Waals surface area contributed by atoms with E-state index in [1.165, 1.54) is 19.2 Å². The Balaban J connectivity index is 2.29. The molecule has 0 radical (unpaired) electrons. The van der Waals surface area contributed by atoms with E-state index in [-0.39, 0.29) is 11.3 Å². The van der Waals surface area contributed by atoms with Crippen molar-refractivity contribution in [1.82, 2.24) is 4.68 Å². The largest absolute Gasteiger partial charge is 0.508 e. The van der Waals surface area contributed by atoms with Crippen molar-refractivity contribution in [3.05, 3.63) is 65.0 Å². The lowest BCUT2D eigenvalue weighted by Gasteiger charge is -2.15. The summed E-state index contributed by atoms with van der Waals surface area (Å²) in [5, 5.41) is 10.7. The van der Waals surface area contributed by atoms with Crippen molar-refractivity contribution >= 4 is 16.9 Å². The molecular formula is C17H14N2O4. The summed E-state index contributed by atoms with van der Waals surface area (Å²) >= 11 is 0. The summed E-state index contributed by atoms with van der Waals surface area (Å²) < 4.78 is 5.72. The zero-order valence-electron chi connectivity index (χ0n) is 12.3. The van der Waals surface area contributed by atoms with Crippen LogP contribution in [0, 0.1) is 0 Å². The van der Waals surface area contributed by atoms with Gasteiger partial charge < -0.3 is 9.84 Å². The van der Waals surface area contributed by atoms with E-state index in [4.69, 9.17) is 0 Å². The van der Waals surface area contributed by atoms with E-state index in [0.29, 0.717) is 16.6 Å². The van der Waals surface area contributed by atoms with E-state index < -0.39 is 6.09 Å². The lowest BCUT2D eigenvalue weighted by atomic mass is 10.1. The van der Waals surface area contributed by atoms with Crippen LogP contribution in [-0.4, -0.2) is 23.0 Å². The fourth-order valence-corrected chi connectivity index (χ4v) is 2.35. The number of aromatic nitrogens is 1. The monoisotopic (exact) mass is 310 g/mol. The quantitative estimate of drug-likeness (QED) is 0.762. The van der Waals surface area contributed by atoms with Gasteiger partial charge in [0, 0.05) is 10.9 Å². The predicted molar refractivity (Wildman–Crippen MR) is 87.1 cm³/mol. The summed E-state index contributed by atoms with van der Waals surface area (Å²) in [6, 6.07) is 15.2. The molecule has 0 aliphatic carbocycles. The van der Waals surface area contributed by atoms with Gasteiger partial charge in [0.2, 0.25) is 0 Å². The molecule has 0 aliphatic rings. The SMILES string of the molecule is COC(=O)Nn1c(-c2ccc(O)cc2)cc2ccccc2c1=O. The summed E-state index contributed by atoms with van der Waals surface area (Å²) in [7, 11) is 1.22. The van der Waals surface area contributed by atoms with Gasteiger partial charge in [-0.1, -0.05) is 18.2 Å². The number of nitrogens with zero attached hydrogens (tertiary/aromatic N) is 1. The van der Waals surface area contributed by atoms with E-state index >= 15 is 0 Å². The highest BCUT2D eigenvalue weighted by atomic mass is 16.5. The number of amides is 1. The number of methoxy groups -OCH3 is 1. The number of ether oxygens (including phenoxy) is 1. The maximum Gasteiger partial charge on any atom is 0.426 e. The minimum atomic E-state index is -0.748. The van der Waals surface area contributed by atoms with Gasteiger partial charge in [-0.25, -0.2) is 14.9 Å². The zero-order chi connectivity index (χ0) is 16.4. The van der Waals surface area contributed by atoms with Gasteiger partial charge in [0.05, 0.1) is 12.8 Å². The Morgan fingerprint density at radius 1 is 1.13 bits per heavy atom. The van der Waals surface area contributed by atoms with Crippen LogP contribution >= 0.6 is 0 Å². The molecule has 0 saturated heterocycles. The highest BCUT2D eigenvalue weighted by Crippen LogP contribution is 2.23. The molecule has 6 heteroatoms. The second kappa shape index (κ2) is 5.84. The van der Waals surface area contributed by atoms with Gasteiger partial charge in [0.15, 0.2) is 0 Å². The number of aromatic hydroxyl groups is 1. The number of phenols is 1. The molecule has 3 aromatic rings. The summed E-state index contributed by atoms with van der Waals surface area (Å²) in [6.45, 7) is 0.